The minimum absolute atomic E-state index is 0.129. The van der Waals surface area contributed by atoms with Gasteiger partial charge in [-0.25, -0.2) is 9.78 Å². The highest BCUT2D eigenvalue weighted by Crippen LogP contribution is 2.28. The molecule has 4 aromatic rings. The van der Waals surface area contributed by atoms with Crippen LogP contribution in [0.25, 0.3) is 5.65 Å². The number of hydrogen-bond acceptors (Lipinski definition) is 7. The van der Waals surface area contributed by atoms with Gasteiger partial charge in [0.15, 0.2) is 4.34 Å². The lowest BCUT2D eigenvalue weighted by Crippen LogP contribution is -2.19. The van der Waals surface area contributed by atoms with E-state index in [1.807, 2.05) is 32.0 Å². The van der Waals surface area contributed by atoms with Gasteiger partial charge in [-0.1, -0.05) is 46.8 Å². The summed E-state index contributed by atoms with van der Waals surface area (Å²) in [7, 11) is 0. The van der Waals surface area contributed by atoms with Crippen molar-refractivity contribution in [1.29, 1.82) is 0 Å². The number of carbonyl (C=O) groups is 1. The third-order valence-corrected chi connectivity index (χ3v) is 6.60. The second-order valence-electron chi connectivity index (χ2n) is 6.69. The number of thioether (sulfide) groups is 1. The molecule has 0 unspecified atom stereocenters. The van der Waals surface area contributed by atoms with Gasteiger partial charge in [-0.3, -0.25) is 14.5 Å². The molecule has 1 aromatic carbocycles. The number of carbonyl (C=O) groups excluding carboxylic acids is 1. The highest BCUT2D eigenvalue weighted by molar-refractivity contribution is 8.00. The number of pyridine rings is 1. The number of halogens is 1. The lowest BCUT2D eigenvalue weighted by molar-refractivity contribution is 0.262. The molecule has 158 valence electrons. The number of aromatic nitrogens is 4. The predicted molar refractivity (Wildman–Crippen MR) is 124 cm³/mol. The largest absolute Gasteiger partial charge is 0.325 e. The van der Waals surface area contributed by atoms with Gasteiger partial charge in [0.25, 0.3) is 5.56 Å². The van der Waals surface area contributed by atoms with Crippen LogP contribution in [-0.2, 0) is 5.75 Å². The summed E-state index contributed by atoms with van der Waals surface area (Å²) in [5.74, 6) is 0.458. The fourth-order valence-electron chi connectivity index (χ4n) is 2.81. The van der Waals surface area contributed by atoms with Gasteiger partial charge in [-0.15, -0.1) is 10.2 Å². The molecule has 2 amide bonds. The standard InChI is InChI=1S/C20H17ClN6O2S2/c1-11-5-6-15(14(21)8-11)23-18(29)24-19-25-26-20(31-19)30-10-13-9-16(28)27-7-3-4-12(2)17(27)22-13/h3-9H,10H2,1-2H3,(H2,23,24,25,29). The molecular formula is C20H17ClN6O2S2. The highest BCUT2D eigenvalue weighted by Gasteiger charge is 2.12. The highest BCUT2D eigenvalue weighted by atomic mass is 35.5. The molecule has 3 heterocycles. The molecule has 0 saturated carbocycles. The Kier molecular flexibility index (Phi) is 6.21. The Labute approximate surface area is 190 Å². The lowest BCUT2D eigenvalue weighted by Gasteiger charge is -2.07. The Hall–Kier alpha value is -2.95. The van der Waals surface area contributed by atoms with Crippen molar-refractivity contribution < 1.29 is 4.79 Å². The number of rotatable bonds is 5. The number of nitrogens with one attached hydrogen (secondary N) is 2. The second-order valence-corrected chi connectivity index (χ2v) is 9.30. The summed E-state index contributed by atoms with van der Waals surface area (Å²) in [4.78, 5) is 29.1. The zero-order chi connectivity index (χ0) is 22.0. The predicted octanol–water partition coefficient (Wildman–Crippen LogP) is 4.75. The molecule has 0 aliphatic rings. The topological polar surface area (TPSA) is 101 Å². The van der Waals surface area contributed by atoms with Gasteiger partial charge in [0.2, 0.25) is 5.13 Å². The fourth-order valence-corrected chi connectivity index (χ4v) is 4.73. The maximum absolute atomic E-state index is 12.3. The van der Waals surface area contributed by atoms with Crippen molar-refractivity contribution in [2.24, 2.45) is 0 Å². The summed E-state index contributed by atoms with van der Waals surface area (Å²) in [6.07, 6.45) is 1.70. The Morgan fingerprint density at radius 1 is 1.19 bits per heavy atom. The quantitative estimate of drug-likeness (QED) is 0.321. The van der Waals surface area contributed by atoms with Crippen molar-refractivity contribution in [2.45, 2.75) is 23.9 Å². The molecule has 0 fully saturated rings. The number of anilines is 2. The molecule has 0 aliphatic heterocycles. The normalized spacial score (nSPS) is 10.9. The maximum Gasteiger partial charge on any atom is 0.325 e. The van der Waals surface area contributed by atoms with Crippen LogP contribution in [0.1, 0.15) is 16.8 Å². The molecule has 8 nitrogen and oxygen atoms in total. The van der Waals surface area contributed by atoms with Gasteiger partial charge in [-0.05, 0) is 43.2 Å². The van der Waals surface area contributed by atoms with Crippen LogP contribution in [0.5, 0.6) is 0 Å². The first kappa shape index (κ1) is 21.3. The van der Waals surface area contributed by atoms with Gasteiger partial charge in [-0.2, -0.15) is 0 Å². The van der Waals surface area contributed by atoms with E-state index < -0.39 is 6.03 Å². The Morgan fingerprint density at radius 3 is 2.84 bits per heavy atom. The number of amides is 2. The van der Waals surface area contributed by atoms with Crippen LogP contribution in [-0.4, -0.2) is 25.6 Å². The number of benzene rings is 1. The van der Waals surface area contributed by atoms with E-state index in [2.05, 4.69) is 25.8 Å². The van der Waals surface area contributed by atoms with E-state index >= 15 is 0 Å². The number of hydrogen-bond donors (Lipinski definition) is 2. The molecule has 3 aromatic heterocycles. The zero-order valence-electron chi connectivity index (χ0n) is 16.5. The SMILES string of the molecule is Cc1ccc(NC(=O)Nc2nnc(SCc3cc(=O)n4cccc(C)c4n3)s2)c(Cl)c1. The van der Waals surface area contributed by atoms with E-state index in [-0.39, 0.29) is 5.56 Å². The van der Waals surface area contributed by atoms with Crippen molar-refractivity contribution >= 4 is 57.2 Å². The van der Waals surface area contributed by atoms with E-state index in [0.717, 1.165) is 11.1 Å². The minimum Gasteiger partial charge on any atom is -0.306 e. The van der Waals surface area contributed by atoms with Gasteiger partial charge in [0.1, 0.15) is 5.65 Å². The van der Waals surface area contributed by atoms with Crippen molar-refractivity contribution in [3.63, 3.8) is 0 Å². The lowest BCUT2D eigenvalue weighted by atomic mass is 10.2. The van der Waals surface area contributed by atoms with Crippen LogP contribution in [0.15, 0.2) is 51.7 Å². The van der Waals surface area contributed by atoms with Crippen LogP contribution < -0.4 is 16.2 Å². The summed E-state index contributed by atoms with van der Waals surface area (Å²) in [5.41, 5.74) is 3.59. The van der Waals surface area contributed by atoms with Gasteiger partial charge >= 0.3 is 6.03 Å². The Balaban J connectivity index is 1.39. The van der Waals surface area contributed by atoms with E-state index in [4.69, 9.17) is 11.6 Å². The van der Waals surface area contributed by atoms with Crippen molar-refractivity contribution in [1.82, 2.24) is 19.6 Å². The van der Waals surface area contributed by atoms with E-state index in [1.165, 1.54) is 33.6 Å². The van der Waals surface area contributed by atoms with Crippen LogP contribution in [0.2, 0.25) is 5.02 Å². The van der Waals surface area contributed by atoms with Crippen molar-refractivity contribution in [2.75, 3.05) is 10.6 Å². The molecule has 0 saturated heterocycles. The molecule has 0 aliphatic carbocycles. The van der Waals surface area contributed by atoms with Gasteiger partial charge in [0, 0.05) is 18.0 Å². The molecule has 4 rings (SSSR count). The number of fused-ring (bicyclic) bond motifs is 1. The molecule has 31 heavy (non-hydrogen) atoms. The number of urea groups is 1. The van der Waals surface area contributed by atoms with E-state index in [0.29, 0.717) is 37.3 Å². The number of aryl methyl sites for hydroxylation is 2. The first-order valence-electron chi connectivity index (χ1n) is 9.17. The Morgan fingerprint density at radius 2 is 2.03 bits per heavy atom. The summed E-state index contributed by atoms with van der Waals surface area (Å²) in [6, 6.07) is 10.1. The summed E-state index contributed by atoms with van der Waals surface area (Å²) >= 11 is 8.76. The smallest absolute Gasteiger partial charge is 0.306 e. The van der Waals surface area contributed by atoms with Crippen LogP contribution in [0, 0.1) is 13.8 Å². The Bertz CT molecular complexity index is 1340. The van der Waals surface area contributed by atoms with Crippen molar-refractivity contribution in [3.05, 3.63) is 74.8 Å². The monoisotopic (exact) mass is 472 g/mol. The summed E-state index contributed by atoms with van der Waals surface area (Å²) < 4.78 is 2.17. The molecular weight excluding hydrogens is 456 g/mol. The fraction of sp³-hybridized carbons (Fsp3) is 0.150. The number of nitrogens with zero attached hydrogens (tertiary/aromatic N) is 4. The van der Waals surface area contributed by atoms with Crippen LogP contribution >= 0.6 is 34.7 Å². The van der Waals surface area contributed by atoms with Gasteiger partial charge < -0.3 is 5.32 Å². The molecule has 0 radical (unpaired) electrons. The second kappa shape index (κ2) is 9.04. The average Bonchev–Trinajstić information content (AvgIpc) is 3.16. The maximum atomic E-state index is 12.3. The average molecular weight is 473 g/mol. The summed E-state index contributed by atoms with van der Waals surface area (Å²) in [6.45, 7) is 3.83. The molecule has 11 heteroatoms. The molecule has 2 N–H and O–H groups in total. The van der Waals surface area contributed by atoms with Crippen LogP contribution in [0.4, 0.5) is 15.6 Å². The molecule has 0 bridgehead atoms. The summed E-state index contributed by atoms with van der Waals surface area (Å²) in [5, 5.41) is 14.2. The van der Waals surface area contributed by atoms with Crippen molar-refractivity contribution in [3.8, 4) is 0 Å². The first-order chi connectivity index (χ1) is 14.9. The van der Waals surface area contributed by atoms with E-state index in [1.54, 1.807) is 18.3 Å². The third kappa shape index (κ3) is 5.04. The van der Waals surface area contributed by atoms with E-state index in [9.17, 15) is 9.59 Å². The first-order valence-corrected chi connectivity index (χ1v) is 11.4. The van der Waals surface area contributed by atoms with Crippen LogP contribution in [0.3, 0.4) is 0 Å². The minimum atomic E-state index is -0.460. The molecule has 0 spiro atoms. The van der Waals surface area contributed by atoms with Gasteiger partial charge in [0.05, 0.1) is 16.4 Å². The third-order valence-electron chi connectivity index (χ3n) is 4.28. The zero-order valence-corrected chi connectivity index (χ0v) is 18.9. The molecule has 0 atom stereocenters.